The van der Waals surface area contributed by atoms with Gasteiger partial charge >= 0.3 is 0 Å². The van der Waals surface area contributed by atoms with E-state index < -0.39 is 0 Å². The summed E-state index contributed by atoms with van der Waals surface area (Å²) in [5, 5.41) is 5.36. The Labute approximate surface area is 129 Å². The van der Waals surface area contributed by atoms with Crippen molar-refractivity contribution in [1.82, 2.24) is 10.6 Å². The molecule has 0 atom stereocenters. The first-order chi connectivity index (χ1) is 10.7. The second-order valence-electron chi connectivity index (χ2n) is 4.38. The van der Waals surface area contributed by atoms with Gasteiger partial charge in [-0.3, -0.25) is 9.59 Å². The van der Waals surface area contributed by atoms with Crippen molar-refractivity contribution in [2.45, 2.75) is 0 Å². The Morgan fingerprint density at radius 3 is 2.59 bits per heavy atom. The minimum absolute atomic E-state index is 0.0206. The molecule has 0 spiro atoms. The number of carbonyl (C=O) groups is 2. The Morgan fingerprint density at radius 2 is 1.86 bits per heavy atom. The summed E-state index contributed by atoms with van der Waals surface area (Å²) in [6, 6.07) is 6.85. The van der Waals surface area contributed by atoms with Crippen molar-refractivity contribution < 1.29 is 23.8 Å². The van der Waals surface area contributed by atoms with E-state index in [9.17, 15) is 9.59 Å². The molecule has 0 bridgehead atoms. The number of amides is 2. The molecule has 0 aliphatic heterocycles. The van der Waals surface area contributed by atoms with E-state index in [1.165, 1.54) is 0 Å². The first-order valence-corrected chi connectivity index (χ1v) is 6.93. The van der Waals surface area contributed by atoms with Gasteiger partial charge in [0.25, 0.3) is 5.91 Å². The summed E-state index contributed by atoms with van der Waals surface area (Å²) >= 11 is 0. The van der Waals surface area contributed by atoms with Gasteiger partial charge in [0.15, 0.2) is 0 Å². The van der Waals surface area contributed by atoms with Crippen LogP contribution in [0.15, 0.2) is 24.3 Å². The zero-order chi connectivity index (χ0) is 16.2. The van der Waals surface area contributed by atoms with E-state index in [0.717, 1.165) is 0 Å². The zero-order valence-corrected chi connectivity index (χ0v) is 12.9. The largest absolute Gasteiger partial charge is 0.497 e. The summed E-state index contributed by atoms with van der Waals surface area (Å²) in [7, 11) is 3.11. The Balaban J connectivity index is 2.18. The number of methoxy groups -OCH3 is 2. The predicted molar refractivity (Wildman–Crippen MR) is 81.0 cm³/mol. The quantitative estimate of drug-likeness (QED) is 0.603. The van der Waals surface area contributed by atoms with Crippen molar-refractivity contribution in [3.8, 4) is 5.75 Å². The van der Waals surface area contributed by atoms with Crippen LogP contribution in [0.2, 0.25) is 0 Å². The topological polar surface area (TPSA) is 85.9 Å². The predicted octanol–water partition coefficient (Wildman–Crippen LogP) is 0.204. The van der Waals surface area contributed by atoms with Crippen LogP contribution < -0.4 is 15.4 Å². The number of benzene rings is 1. The fourth-order valence-electron chi connectivity index (χ4n) is 1.60. The molecule has 0 fully saturated rings. The standard InChI is InChI=1S/C15H22N2O5/c1-20-8-9-22-11-14(18)16-6-7-17-15(19)12-4-3-5-13(10-12)21-2/h3-5,10H,6-9,11H2,1-2H3,(H,16,18)(H,17,19). The molecule has 0 aliphatic rings. The summed E-state index contributed by atoms with van der Waals surface area (Å²) in [5.41, 5.74) is 0.508. The number of nitrogens with one attached hydrogen (secondary N) is 2. The highest BCUT2D eigenvalue weighted by molar-refractivity contribution is 5.94. The number of rotatable bonds is 10. The van der Waals surface area contributed by atoms with E-state index in [1.807, 2.05) is 0 Å². The minimum Gasteiger partial charge on any atom is -0.497 e. The van der Waals surface area contributed by atoms with Crippen LogP contribution in [0.5, 0.6) is 5.75 Å². The van der Waals surface area contributed by atoms with Crippen LogP contribution in [-0.4, -0.2) is 58.9 Å². The Morgan fingerprint density at radius 1 is 1.09 bits per heavy atom. The van der Waals surface area contributed by atoms with Crippen molar-refractivity contribution >= 4 is 11.8 Å². The van der Waals surface area contributed by atoms with Crippen molar-refractivity contribution in [2.75, 3.05) is 47.1 Å². The van der Waals surface area contributed by atoms with Crippen LogP contribution in [0, 0.1) is 0 Å². The van der Waals surface area contributed by atoms with Crippen LogP contribution in [0.3, 0.4) is 0 Å². The molecule has 0 radical (unpaired) electrons. The lowest BCUT2D eigenvalue weighted by atomic mass is 10.2. The van der Waals surface area contributed by atoms with Gasteiger partial charge in [0.2, 0.25) is 5.91 Å². The third-order valence-corrected chi connectivity index (χ3v) is 2.73. The number of ether oxygens (including phenoxy) is 3. The highest BCUT2D eigenvalue weighted by Gasteiger charge is 2.06. The molecule has 7 heteroatoms. The van der Waals surface area contributed by atoms with Gasteiger partial charge in [-0.05, 0) is 18.2 Å². The third kappa shape index (κ3) is 7.05. The van der Waals surface area contributed by atoms with Crippen molar-refractivity contribution in [2.24, 2.45) is 0 Å². The van der Waals surface area contributed by atoms with Crippen molar-refractivity contribution in [1.29, 1.82) is 0 Å². The zero-order valence-electron chi connectivity index (χ0n) is 12.9. The smallest absolute Gasteiger partial charge is 0.251 e. The molecule has 0 heterocycles. The van der Waals surface area contributed by atoms with Gasteiger partial charge in [-0.15, -0.1) is 0 Å². The maximum absolute atomic E-state index is 11.9. The lowest BCUT2D eigenvalue weighted by Crippen LogP contribution is -2.36. The lowest BCUT2D eigenvalue weighted by Gasteiger charge is -2.08. The van der Waals surface area contributed by atoms with Crippen LogP contribution in [0.4, 0.5) is 0 Å². The fraction of sp³-hybridized carbons (Fsp3) is 0.467. The molecule has 1 aromatic rings. The van der Waals surface area contributed by atoms with Gasteiger partial charge in [-0.25, -0.2) is 0 Å². The molecule has 0 aromatic heterocycles. The maximum Gasteiger partial charge on any atom is 0.251 e. The van der Waals surface area contributed by atoms with Gasteiger partial charge in [0, 0.05) is 25.8 Å². The Bertz CT molecular complexity index is 479. The van der Waals surface area contributed by atoms with E-state index in [-0.39, 0.29) is 18.4 Å². The van der Waals surface area contributed by atoms with Crippen LogP contribution in [0.1, 0.15) is 10.4 Å². The van der Waals surface area contributed by atoms with Crippen LogP contribution in [0.25, 0.3) is 0 Å². The second kappa shape index (κ2) is 10.6. The molecule has 0 saturated heterocycles. The number of hydrogen-bond donors (Lipinski definition) is 2. The van der Waals surface area contributed by atoms with E-state index in [4.69, 9.17) is 14.2 Å². The van der Waals surface area contributed by atoms with Gasteiger partial charge < -0.3 is 24.8 Å². The van der Waals surface area contributed by atoms with Crippen molar-refractivity contribution in [3.63, 3.8) is 0 Å². The summed E-state index contributed by atoms with van der Waals surface area (Å²) in [6.07, 6.45) is 0. The minimum atomic E-state index is -0.230. The molecule has 0 unspecified atom stereocenters. The van der Waals surface area contributed by atoms with Crippen LogP contribution >= 0.6 is 0 Å². The number of carbonyl (C=O) groups excluding carboxylic acids is 2. The molecule has 122 valence electrons. The molecule has 1 aromatic carbocycles. The average molecular weight is 310 g/mol. The summed E-state index contributed by atoms with van der Waals surface area (Å²) in [6.45, 7) is 1.47. The van der Waals surface area contributed by atoms with Gasteiger partial charge in [0.1, 0.15) is 12.4 Å². The van der Waals surface area contributed by atoms with Crippen molar-refractivity contribution in [3.05, 3.63) is 29.8 Å². The Kier molecular flexibility index (Phi) is 8.63. The normalized spacial score (nSPS) is 10.1. The van der Waals surface area contributed by atoms with Gasteiger partial charge in [-0.2, -0.15) is 0 Å². The van der Waals surface area contributed by atoms with Gasteiger partial charge in [-0.1, -0.05) is 6.07 Å². The number of hydrogen-bond acceptors (Lipinski definition) is 5. The summed E-state index contributed by atoms with van der Waals surface area (Å²) in [5.74, 6) is 0.172. The molecule has 7 nitrogen and oxygen atoms in total. The monoisotopic (exact) mass is 310 g/mol. The highest BCUT2D eigenvalue weighted by Crippen LogP contribution is 2.11. The van der Waals surface area contributed by atoms with E-state index in [0.29, 0.717) is 37.6 Å². The molecule has 0 aliphatic carbocycles. The molecule has 2 amide bonds. The first-order valence-electron chi connectivity index (χ1n) is 6.93. The Hall–Kier alpha value is -2.12. The molecule has 22 heavy (non-hydrogen) atoms. The highest BCUT2D eigenvalue weighted by atomic mass is 16.5. The molecular weight excluding hydrogens is 288 g/mol. The lowest BCUT2D eigenvalue weighted by molar-refractivity contribution is -0.126. The summed E-state index contributed by atoms with van der Waals surface area (Å²) < 4.78 is 14.9. The second-order valence-corrected chi connectivity index (χ2v) is 4.38. The molecule has 0 saturated carbocycles. The molecule has 2 N–H and O–H groups in total. The van der Waals surface area contributed by atoms with E-state index in [1.54, 1.807) is 38.5 Å². The average Bonchev–Trinajstić information content (AvgIpc) is 2.55. The SMILES string of the molecule is COCCOCC(=O)NCCNC(=O)c1cccc(OC)c1. The molecule has 1 rings (SSSR count). The summed E-state index contributed by atoms with van der Waals surface area (Å²) in [4.78, 5) is 23.3. The maximum atomic E-state index is 11.9. The molecular formula is C15H22N2O5. The van der Waals surface area contributed by atoms with Gasteiger partial charge in [0.05, 0.1) is 20.3 Å². The fourth-order valence-corrected chi connectivity index (χ4v) is 1.60. The first kappa shape index (κ1) is 17.9. The third-order valence-electron chi connectivity index (χ3n) is 2.73. The van der Waals surface area contributed by atoms with Crippen LogP contribution in [-0.2, 0) is 14.3 Å². The van der Waals surface area contributed by atoms with E-state index in [2.05, 4.69) is 10.6 Å². The van der Waals surface area contributed by atoms with E-state index >= 15 is 0 Å².